The van der Waals surface area contributed by atoms with E-state index in [9.17, 15) is 4.39 Å². The number of nitrogens with zero attached hydrogens (tertiary/aromatic N) is 1. The SMILES string of the molecule is CON=C[C@H](F)[C@H](OCc1ccc(Cl)cc1)[C@@H](Br)COCc1ccc(Cl)cc1. The molecule has 152 valence electrons. The number of halogens is 4. The Morgan fingerprint density at radius 3 is 2.07 bits per heavy atom. The molecule has 0 radical (unpaired) electrons. The van der Waals surface area contributed by atoms with Crippen LogP contribution in [-0.4, -0.2) is 37.0 Å². The van der Waals surface area contributed by atoms with Gasteiger partial charge in [-0.25, -0.2) is 4.39 Å². The summed E-state index contributed by atoms with van der Waals surface area (Å²) < 4.78 is 26.1. The highest BCUT2D eigenvalue weighted by atomic mass is 79.9. The number of rotatable bonds is 11. The normalized spacial score (nSPS) is 14.8. The van der Waals surface area contributed by atoms with Crippen LogP contribution in [0.15, 0.2) is 53.7 Å². The molecule has 0 bridgehead atoms. The molecule has 0 aromatic heterocycles. The summed E-state index contributed by atoms with van der Waals surface area (Å²) in [5.74, 6) is 0. The third-order valence-electron chi connectivity index (χ3n) is 3.79. The highest BCUT2D eigenvalue weighted by Gasteiger charge is 2.28. The molecule has 28 heavy (non-hydrogen) atoms. The summed E-state index contributed by atoms with van der Waals surface area (Å²) in [7, 11) is 1.35. The van der Waals surface area contributed by atoms with Crippen molar-refractivity contribution in [3.63, 3.8) is 0 Å². The predicted octanol–water partition coefficient (Wildman–Crippen LogP) is 5.83. The first kappa shape index (κ1) is 23.1. The Bertz CT molecular complexity index is 731. The fraction of sp³-hybridized carbons (Fsp3) is 0.350. The molecule has 8 heteroatoms. The highest BCUT2D eigenvalue weighted by Crippen LogP contribution is 2.20. The molecule has 3 atom stereocenters. The molecule has 0 saturated carbocycles. The zero-order valence-corrected chi connectivity index (χ0v) is 18.3. The van der Waals surface area contributed by atoms with Crippen LogP contribution in [-0.2, 0) is 27.5 Å². The summed E-state index contributed by atoms with van der Waals surface area (Å²) in [5, 5.41) is 4.80. The van der Waals surface area contributed by atoms with Crippen LogP contribution in [0.3, 0.4) is 0 Å². The molecule has 0 N–H and O–H groups in total. The maximum absolute atomic E-state index is 14.6. The van der Waals surface area contributed by atoms with Gasteiger partial charge in [-0.15, -0.1) is 0 Å². The van der Waals surface area contributed by atoms with Gasteiger partial charge in [0.15, 0.2) is 6.17 Å². The first-order valence-electron chi connectivity index (χ1n) is 8.52. The summed E-state index contributed by atoms with van der Waals surface area (Å²) in [5.41, 5.74) is 1.85. The van der Waals surface area contributed by atoms with Gasteiger partial charge >= 0.3 is 0 Å². The van der Waals surface area contributed by atoms with Gasteiger partial charge in [-0.05, 0) is 35.4 Å². The first-order valence-corrected chi connectivity index (χ1v) is 10.2. The van der Waals surface area contributed by atoms with E-state index in [0.717, 1.165) is 17.3 Å². The lowest BCUT2D eigenvalue weighted by molar-refractivity contribution is -0.0104. The van der Waals surface area contributed by atoms with Crippen LogP contribution in [0.4, 0.5) is 4.39 Å². The van der Waals surface area contributed by atoms with E-state index in [1.54, 1.807) is 24.3 Å². The maximum atomic E-state index is 14.6. The molecule has 0 aliphatic carbocycles. The smallest absolute Gasteiger partial charge is 0.166 e. The molecule has 2 aromatic carbocycles. The number of alkyl halides is 2. The third kappa shape index (κ3) is 8.05. The fourth-order valence-corrected chi connectivity index (χ4v) is 3.22. The van der Waals surface area contributed by atoms with E-state index in [2.05, 4.69) is 25.9 Å². The van der Waals surface area contributed by atoms with E-state index < -0.39 is 17.1 Å². The van der Waals surface area contributed by atoms with Gasteiger partial charge in [-0.1, -0.05) is 68.6 Å². The largest absolute Gasteiger partial charge is 0.399 e. The summed E-state index contributed by atoms with van der Waals surface area (Å²) in [6.07, 6.45) is -1.23. The first-order chi connectivity index (χ1) is 13.5. The Kier molecular flexibility index (Phi) is 10.2. The van der Waals surface area contributed by atoms with E-state index in [0.29, 0.717) is 16.7 Å². The standard InChI is InChI=1S/C20H21BrCl2FNO3/c1-26-25-10-19(24)20(28-12-15-4-8-17(23)9-5-15)18(21)13-27-11-14-2-6-16(22)7-3-14/h2-10,18-20H,11-13H2,1H3/t18-,19-,20+/m0/s1. The predicted molar refractivity (Wildman–Crippen MR) is 114 cm³/mol. The number of oxime groups is 1. The van der Waals surface area contributed by atoms with Crippen molar-refractivity contribution in [1.82, 2.24) is 0 Å². The van der Waals surface area contributed by atoms with Crippen molar-refractivity contribution in [1.29, 1.82) is 0 Å². The molecule has 0 heterocycles. The number of hydrogen-bond acceptors (Lipinski definition) is 4. The van der Waals surface area contributed by atoms with Crippen LogP contribution in [0.25, 0.3) is 0 Å². The van der Waals surface area contributed by atoms with Gasteiger partial charge < -0.3 is 14.3 Å². The maximum Gasteiger partial charge on any atom is 0.166 e. The summed E-state index contributed by atoms with van der Waals surface area (Å²) in [6, 6.07) is 14.5. The monoisotopic (exact) mass is 491 g/mol. The Morgan fingerprint density at radius 1 is 1.00 bits per heavy atom. The van der Waals surface area contributed by atoms with E-state index in [4.69, 9.17) is 32.7 Å². The Balaban J connectivity index is 1.93. The van der Waals surface area contributed by atoms with E-state index in [1.165, 1.54) is 7.11 Å². The quantitative estimate of drug-likeness (QED) is 0.225. The Hall–Kier alpha value is -1.18. The molecular formula is C20H21BrCl2FNO3. The van der Waals surface area contributed by atoms with Crippen LogP contribution in [0.1, 0.15) is 11.1 Å². The molecular weight excluding hydrogens is 472 g/mol. The van der Waals surface area contributed by atoms with Crippen molar-refractivity contribution >= 4 is 45.3 Å². The number of benzene rings is 2. The van der Waals surface area contributed by atoms with Crippen molar-refractivity contribution in [3.05, 3.63) is 69.7 Å². The molecule has 0 spiro atoms. The average Bonchev–Trinajstić information content (AvgIpc) is 2.69. The van der Waals surface area contributed by atoms with E-state index >= 15 is 0 Å². The van der Waals surface area contributed by atoms with Gasteiger partial charge in [0.1, 0.15) is 13.2 Å². The zero-order chi connectivity index (χ0) is 20.4. The Morgan fingerprint density at radius 2 is 1.54 bits per heavy atom. The molecule has 4 nitrogen and oxygen atoms in total. The average molecular weight is 493 g/mol. The molecule has 0 amide bonds. The lowest BCUT2D eigenvalue weighted by atomic mass is 10.1. The molecule has 0 unspecified atom stereocenters. The minimum absolute atomic E-state index is 0.225. The molecule has 0 saturated heterocycles. The van der Waals surface area contributed by atoms with Crippen molar-refractivity contribution in [2.75, 3.05) is 13.7 Å². The summed E-state index contributed by atoms with van der Waals surface area (Å²) >= 11 is 15.2. The van der Waals surface area contributed by atoms with Gasteiger partial charge in [-0.3, -0.25) is 0 Å². The van der Waals surface area contributed by atoms with Gasteiger partial charge in [0.2, 0.25) is 0 Å². The lowest BCUT2D eigenvalue weighted by Gasteiger charge is -2.24. The van der Waals surface area contributed by atoms with Gasteiger partial charge in [0, 0.05) is 10.0 Å². The second-order valence-electron chi connectivity index (χ2n) is 5.94. The van der Waals surface area contributed by atoms with Gasteiger partial charge in [0.05, 0.1) is 30.9 Å². The molecule has 0 fully saturated rings. The fourth-order valence-electron chi connectivity index (χ4n) is 2.34. The van der Waals surface area contributed by atoms with E-state index in [-0.39, 0.29) is 13.2 Å². The van der Waals surface area contributed by atoms with E-state index in [1.807, 2.05) is 24.3 Å². The van der Waals surface area contributed by atoms with Crippen LogP contribution >= 0.6 is 39.1 Å². The summed E-state index contributed by atoms with van der Waals surface area (Å²) in [6.45, 7) is 0.851. The molecule has 0 aliphatic heterocycles. The third-order valence-corrected chi connectivity index (χ3v) is 5.08. The van der Waals surface area contributed by atoms with Gasteiger partial charge in [-0.2, -0.15) is 0 Å². The van der Waals surface area contributed by atoms with Crippen LogP contribution in [0.2, 0.25) is 10.0 Å². The van der Waals surface area contributed by atoms with Crippen molar-refractivity contribution in [2.45, 2.75) is 30.3 Å². The minimum atomic E-state index is -1.48. The van der Waals surface area contributed by atoms with Crippen molar-refractivity contribution in [3.8, 4) is 0 Å². The second-order valence-corrected chi connectivity index (χ2v) is 7.99. The van der Waals surface area contributed by atoms with Crippen LogP contribution < -0.4 is 0 Å². The number of hydrogen-bond donors (Lipinski definition) is 0. The highest BCUT2D eigenvalue weighted by molar-refractivity contribution is 9.09. The molecule has 0 aliphatic rings. The Labute approximate surface area is 182 Å². The topological polar surface area (TPSA) is 40.0 Å². The number of ether oxygens (including phenoxy) is 2. The second kappa shape index (κ2) is 12.4. The van der Waals surface area contributed by atoms with Crippen molar-refractivity contribution in [2.24, 2.45) is 5.16 Å². The minimum Gasteiger partial charge on any atom is -0.399 e. The lowest BCUT2D eigenvalue weighted by Crippen LogP contribution is -2.37. The van der Waals surface area contributed by atoms with Crippen LogP contribution in [0, 0.1) is 0 Å². The molecule has 2 aromatic rings. The van der Waals surface area contributed by atoms with Crippen LogP contribution in [0.5, 0.6) is 0 Å². The molecule has 2 rings (SSSR count). The summed E-state index contributed by atoms with van der Waals surface area (Å²) in [4.78, 5) is 4.17. The zero-order valence-electron chi connectivity index (χ0n) is 15.2. The van der Waals surface area contributed by atoms with Crippen molar-refractivity contribution < 1.29 is 18.7 Å². The van der Waals surface area contributed by atoms with Gasteiger partial charge in [0.25, 0.3) is 0 Å².